The highest BCUT2D eigenvalue weighted by Crippen LogP contribution is 2.06. The first-order chi connectivity index (χ1) is 5.49. The van der Waals surface area contributed by atoms with Crippen molar-refractivity contribution in [1.29, 1.82) is 0 Å². The van der Waals surface area contributed by atoms with Gasteiger partial charge in [-0.3, -0.25) is 4.79 Å². The fraction of sp³-hybridized carbons (Fsp3) is 0.857. The van der Waals surface area contributed by atoms with Gasteiger partial charge < -0.3 is 5.32 Å². The lowest BCUT2D eigenvalue weighted by atomic mass is 10.2. The van der Waals surface area contributed by atoms with Gasteiger partial charge in [0.25, 0.3) is 0 Å². The number of carbonyl (C=O) groups is 1. The molecule has 1 rings (SSSR count). The summed E-state index contributed by atoms with van der Waals surface area (Å²) >= 11 is 0. The molecule has 1 atom stereocenters. The van der Waals surface area contributed by atoms with Gasteiger partial charge in [-0.1, -0.05) is 0 Å². The normalized spacial score (nSPS) is 24.2. The van der Waals surface area contributed by atoms with Crippen LogP contribution in [0.1, 0.15) is 12.8 Å². The van der Waals surface area contributed by atoms with Crippen molar-refractivity contribution < 1.29 is 13.2 Å². The van der Waals surface area contributed by atoms with Gasteiger partial charge in [-0.25, -0.2) is 8.42 Å². The predicted molar refractivity (Wildman–Crippen MR) is 45.7 cm³/mol. The molecule has 0 bridgehead atoms. The van der Waals surface area contributed by atoms with Crippen molar-refractivity contribution in [3.05, 3.63) is 0 Å². The van der Waals surface area contributed by atoms with E-state index in [1.807, 2.05) is 0 Å². The molecule has 0 aliphatic carbocycles. The van der Waals surface area contributed by atoms with Crippen LogP contribution in [0.15, 0.2) is 0 Å². The molecule has 1 aliphatic heterocycles. The minimum atomic E-state index is -3.15. The molecule has 5 heteroatoms. The highest BCUT2D eigenvalue weighted by molar-refractivity contribution is 7.91. The Morgan fingerprint density at radius 1 is 1.58 bits per heavy atom. The van der Waals surface area contributed by atoms with E-state index in [1.54, 1.807) is 0 Å². The molecule has 1 N–H and O–H groups in total. The third-order valence-electron chi connectivity index (χ3n) is 1.85. The second kappa shape index (κ2) is 3.53. The number of hydrogen-bond acceptors (Lipinski definition) is 4. The molecular weight excluding hydrogens is 178 g/mol. The van der Waals surface area contributed by atoms with Gasteiger partial charge in [-0.2, -0.15) is 0 Å². The minimum absolute atomic E-state index is 0.199. The van der Waals surface area contributed by atoms with E-state index < -0.39 is 9.84 Å². The molecule has 1 heterocycles. The van der Waals surface area contributed by atoms with Gasteiger partial charge in [-0.15, -0.1) is 0 Å². The molecular formula is C7H13NO3S. The summed E-state index contributed by atoms with van der Waals surface area (Å²) in [4.78, 5) is 11.2. The van der Waals surface area contributed by atoms with Crippen LogP contribution < -0.4 is 5.32 Å². The fourth-order valence-electron chi connectivity index (χ4n) is 1.32. The van der Waals surface area contributed by atoms with Crippen LogP contribution in [0.4, 0.5) is 0 Å². The highest BCUT2D eigenvalue weighted by Gasteiger charge is 2.24. The second-order valence-corrected chi connectivity index (χ2v) is 5.33. The molecule has 4 nitrogen and oxygen atoms in total. The van der Waals surface area contributed by atoms with Crippen LogP contribution in [0, 0.1) is 0 Å². The molecule has 0 spiro atoms. The van der Waals surface area contributed by atoms with Gasteiger partial charge in [0, 0.05) is 6.26 Å². The summed E-state index contributed by atoms with van der Waals surface area (Å²) in [5.74, 6) is -0.528. The highest BCUT2D eigenvalue weighted by atomic mass is 32.2. The molecule has 0 radical (unpaired) electrons. The predicted octanol–water partition coefficient (Wildman–Crippen LogP) is -0.648. The maximum Gasteiger partial charge on any atom is 0.164 e. The van der Waals surface area contributed by atoms with Crippen LogP contribution in [0.3, 0.4) is 0 Å². The first kappa shape index (κ1) is 9.67. The van der Waals surface area contributed by atoms with E-state index in [2.05, 4.69) is 5.32 Å². The average molecular weight is 191 g/mol. The van der Waals surface area contributed by atoms with E-state index in [9.17, 15) is 13.2 Å². The zero-order valence-electron chi connectivity index (χ0n) is 7.04. The van der Waals surface area contributed by atoms with Crippen LogP contribution in [0.25, 0.3) is 0 Å². The van der Waals surface area contributed by atoms with Gasteiger partial charge in [0.2, 0.25) is 0 Å². The van der Waals surface area contributed by atoms with Gasteiger partial charge in [0.1, 0.15) is 5.75 Å². The van der Waals surface area contributed by atoms with E-state index in [1.165, 1.54) is 0 Å². The summed E-state index contributed by atoms with van der Waals surface area (Å²) in [5.41, 5.74) is 0. The minimum Gasteiger partial charge on any atom is -0.307 e. The third-order valence-corrected chi connectivity index (χ3v) is 2.66. The summed E-state index contributed by atoms with van der Waals surface area (Å²) in [6.07, 6.45) is 2.81. The Bertz CT molecular complexity index is 264. The van der Waals surface area contributed by atoms with Crippen LogP contribution >= 0.6 is 0 Å². The number of carbonyl (C=O) groups excluding carboxylic acids is 1. The number of sulfone groups is 1. The van der Waals surface area contributed by atoms with E-state index in [0.717, 1.165) is 25.6 Å². The third kappa shape index (κ3) is 2.91. The lowest BCUT2D eigenvalue weighted by molar-refractivity contribution is -0.118. The van der Waals surface area contributed by atoms with Gasteiger partial charge in [0.15, 0.2) is 15.6 Å². The van der Waals surface area contributed by atoms with Crippen molar-refractivity contribution in [2.45, 2.75) is 18.9 Å². The lowest BCUT2D eigenvalue weighted by Gasteiger charge is -2.06. The zero-order chi connectivity index (χ0) is 9.19. The van der Waals surface area contributed by atoms with E-state index in [0.29, 0.717) is 0 Å². The van der Waals surface area contributed by atoms with Crippen LogP contribution in [0.2, 0.25) is 0 Å². The molecule has 0 unspecified atom stereocenters. The second-order valence-electron chi connectivity index (χ2n) is 3.19. The van der Waals surface area contributed by atoms with E-state index in [4.69, 9.17) is 0 Å². The van der Waals surface area contributed by atoms with Crippen LogP contribution in [-0.2, 0) is 14.6 Å². The quantitative estimate of drug-likeness (QED) is 0.644. The van der Waals surface area contributed by atoms with Crippen molar-refractivity contribution in [1.82, 2.24) is 5.32 Å². The zero-order valence-corrected chi connectivity index (χ0v) is 7.86. The summed E-state index contributed by atoms with van der Waals surface area (Å²) < 4.78 is 21.5. The van der Waals surface area contributed by atoms with E-state index >= 15 is 0 Å². The molecule has 0 aromatic heterocycles. The van der Waals surface area contributed by atoms with Crippen molar-refractivity contribution in [3.63, 3.8) is 0 Å². The Morgan fingerprint density at radius 3 is 2.67 bits per heavy atom. The number of Topliss-reactive ketones (excluding diaryl/α,β-unsaturated/α-hetero) is 1. The van der Waals surface area contributed by atoms with Crippen molar-refractivity contribution in [2.24, 2.45) is 0 Å². The monoisotopic (exact) mass is 191 g/mol. The number of hydrogen-bond donors (Lipinski definition) is 1. The van der Waals surface area contributed by atoms with Crippen molar-refractivity contribution in [2.75, 3.05) is 18.6 Å². The maximum absolute atomic E-state index is 11.2. The van der Waals surface area contributed by atoms with Crippen molar-refractivity contribution >= 4 is 15.6 Å². The first-order valence-electron chi connectivity index (χ1n) is 3.93. The largest absolute Gasteiger partial charge is 0.307 e. The summed E-state index contributed by atoms with van der Waals surface area (Å²) in [6.45, 7) is 0.820. The summed E-state index contributed by atoms with van der Waals surface area (Å²) in [7, 11) is -3.15. The molecule has 12 heavy (non-hydrogen) atoms. The molecule has 0 saturated carbocycles. The smallest absolute Gasteiger partial charge is 0.164 e. The summed E-state index contributed by atoms with van der Waals surface area (Å²) in [6, 6.07) is -0.222. The Hall–Kier alpha value is -0.420. The van der Waals surface area contributed by atoms with Crippen LogP contribution in [-0.4, -0.2) is 38.8 Å². The maximum atomic E-state index is 11.2. The molecule has 70 valence electrons. The van der Waals surface area contributed by atoms with E-state index in [-0.39, 0.29) is 17.6 Å². The average Bonchev–Trinajstić information content (AvgIpc) is 2.32. The van der Waals surface area contributed by atoms with Crippen molar-refractivity contribution in [3.8, 4) is 0 Å². The molecule has 0 amide bonds. The lowest BCUT2D eigenvalue weighted by Crippen LogP contribution is -2.34. The SMILES string of the molecule is CS(=O)(=O)CC(=O)[C@@H]1CCCN1. The first-order valence-corrected chi connectivity index (χ1v) is 5.99. The number of ketones is 1. The number of nitrogens with one attached hydrogen (secondary N) is 1. The molecule has 0 aromatic rings. The molecule has 1 fully saturated rings. The van der Waals surface area contributed by atoms with Gasteiger partial charge in [-0.05, 0) is 19.4 Å². The number of rotatable bonds is 3. The standard InChI is InChI=1S/C7H13NO3S/c1-12(10,11)5-7(9)6-3-2-4-8-6/h6,8H,2-5H2,1H3/t6-/m0/s1. The Labute approximate surface area is 72.3 Å². The Morgan fingerprint density at radius 2 is 2.25 bits per heavy atom. The molecule has 1 aliphatic rings. The molecule has 0 aromatic carbocycles. The van der Waals surface area contributed by atoms with Gasteiger partial charge in [0.05, 0.1) is 6.04 Å². The Kier molecular flexibility index (Phi) is 2.85. The fourth-order valence-corrected chi connectivity index (χ4v) is 2.04. The topological polar surface area (TPSA) is 63.2 Å². The van der Waals surface area contributed by atoms with Gasteiger partial charge >= 0.3 is 0 Å². The Balaban J connectivity index is 2.48. The summed E-state index contributed by atoms with van der Waals surface area (Å²) in [5, 5.41) is 2.96. The van der Waals surface area contributed by atoms with Crippen LogP contribution in [0.5, 0.6) is 0 Å². The molecule has 1 saturated heterocycles.